The molecule has 15 heavy (non-hydrogen) atoms. The van der Waals surface area contributed by atoms with Crippen LogP contribution in [0.4, 0.5) is 20.4 Å². The van der Waals surface area contributed by atoms with E-state index in [2.05, 4.69) is 10.3 Å². The minimum absolute atomic E-state index is 0.173. The maximum atomic E-state index is 13.2. The summed E-state index contributed by atoms with van der Waals surface area (Å²) in [5.74, 6) is -2.30. The molecule has 0 saturated heterocycles. The number of halogens is 2. The van der Waals surface area contributed by atoms with E-state index in [1.807, 2.05) is 0 Å². The monoisotopic (exact) mass is 217 g/mol. The molecule has 0 aromatic carbocycles. The molecule has 1 aromatic heterocycles. The lowest BCUT2D eigenvalue weighted by atomic mass is 10.1. The van der Waals surface area contributed by atoms with Crippen molar-refractivity contribution in [3.63, 3.8) is 0 Å². The third kappa shape index (κ3) is 2.76. The number of aliphatic hydroxyl groups is 1. The van der Waals surface area contributed by atoms with E-state index in [4.69, 9.17) is 10.8 Å². The Morgan fingerprint density at radius 1 is 1.47 bits per heavy atom. The van der Waals surface area contributed by atoms with Crippen LogP contribution in [0.2, 0.25) is 0 Å². The Morgan fingerprint density at radius 2 is 2.07 bits per heavy atom. The zero-order valence-electron chi connectivity index (χ0n) is 8.51. The molecule has 1 aromatic rings. The van der Waals surface area contributed by atoms with Crippen LogP contribution in [-0.4, -0.2) is 22.2 Å². The number of hydrogen-bond donors (Lipinski definition) is 3. The van der Waals surface area contributed by atoms with Crippen molar-refractivity contribution in [3.8, 4) is 0 Å². The average Bonchev–Trinajstić information content (AvgIpc) is 2.14. The molecule has 0 radical (unpaired) electrons. The summed E-state index contributed by atoms with van der Waals surface area (Å²) in [6.07, 6.45) is 0. The van der Waals surface area contributed by atoms with Gasteiger partial charge in [0, 0.05) is 6.07 Å². The molecule has 0 spiro atoms. The summed E-state index contributed by atoms with van der Waals surface area (Å²) < 4.78 is 26.0. The van der Waals surface area contributed by atoms with Gasteiger partial charge in [-0.3, -0.25) is 0 Å². The summed E-state index contributed by atoms with van der Waals surface area (Å²) >= 11 is 0. The van der Waals surface area contributed by atoms with Crippen LogP contribution in [0.1, 0.15) is 13.8 Å². The highest BCUT2D eigenvalue weighted by molar-refractivity contribution is 5.46. The van der Waals surface area contributed by atoms with Gasteiger partial charge in [0.25, 0.3) is 0 Å². The number of nitrogens with one attached hydrogen (secondary N) is 1. The second-order valence-corrected chi connectivity index (χ2v) is 3.85. The molecule has 0 aliphatic heterocycles. The van der Waals surface area contributed by atoms with E-state index in [1.54, 1.807) is 13.8 Å². The zero-order valence-corrected chi connectivity index (χ0v) is 8.51. The largest absolute Gasteiger partial charge is 0.394 e. The van der Waals surface area contributed by atoms with Gasteiger partial charge in [0.1, 0.15) is 0 Å². The Bertz CT molecular complexity index is 369. The first-order valence-electron chi connectivity index (χ1n) is 4.36. The lowest BCUT2D eigenvalue weighted by Gasteiger charge is -2.24. The van der Waals surface area contributed by atoms with Crippen molar-refractivity contribution in [2.24, 2.45) is 0 Å². The number of pyridine rings is 1. The van der Waals surface area contributed by atoms with E-state index >= 15 is 0 Å². The zero-order chi connectivity index (χ0) is 11.6. The summed E-state index contributed by atoms with van der Waals surface area (Å²) in [7, 11) is 0. The van der Waals surface area contributed by atoms with Crippen molar-refractivity contribution >= 4 is 11.6 Å². The van der Waals surface area contributed by atoms with Gasteiger partial charge in [-0.15, -0.1) is 0 Å². The van der Waals surface area contributed by atoms with Crippen LogP contribution in [0.3, 0.4) is 0 Å². The Labute approximate surface area is 86.1 Å². The highest BCUT2D eigenvalue weighted by Crippen LogP contribution is 2.19. The summed E-state index contributed by atoms with van der Waals surface area (Å²) in [5.41, 5.74) is 4.44. The van der Waals surface area contributed by atoms with Gasteiger partial charge in [0.05, 0.1) is 12.1 Å². The lowest BCUT2D eigenvalue weighted by Crippen LogP contribution is -2.35. The molecular formula is C9H13F2N3O. The summed E-state index contributed by atoms with van der Waals surface area (Å²) in [4.78, 5) is 3.51. The maximum Gasteiger partial charge on any atom is 0.168 e. The number of anilines is 2. The number of hydrogen-bond acceptors (Lipinski definition) is 4. The minimum Gasteiger partial charge on any atom is -0.394 e. The molecule has 0 amide bonds. The van der Waals surface area contributed by atoms with E-state index in [1.165, 1.54) is 0 Å². The minimum atomic E-state index is -0.903. The summed E-state index contributed by atoms with van der Waals surface area (Å²) in [6.45, 7) is 3.08. The molecule has 4 nitrogen and oxygen atoms in total. The van der Waals surface area contributed by atoms with Crippen molar-refractivity contribution in [2.75, 3.05) is 17.7 Å². The SMILES string of the molecule is CC(C)(CO)Nc1nc(N)c(F)cc1F. The number of aromatic nitrogens is 1. The van der Waals surface area contributed by atoms with Gasteiger partial charge in [-0.05, 0) is 13.8 Å². The maximum absolute atomic E-state index is 13.2. The molecule has 0 saturated carbocycles. The van der Waals surface area contributed by atoms with Gasteiger partial charge in [-0.1, -0.05) is 0 Å². The van der Waals surface area contributed by atoms with E-state index in [9.17, 15) is 8.78 Å². The van der Waals surface area contributed by atoms with Crippen molar-refractivity contribution in [1.82, 2.24) is 4.98 Å². The highest BCUT2D eigenvalue weighted by atomic mass is 19.1. The molecule has 0 atom stereocenters. The van der Waals surface area contributed by atoms with E-state index < -0.39 is 17.2 Å². The van der Waals surface area contributed by atoms with E-state index in [0.29, 0.717) is 6.07 Å². The van der Waals surface area contributed by atoms with E-state index in [-0.39, 0.29) is 18.2 Å². The van der Waals surface area contributed by atoms with Gasteiger partial charge < -0.3 is 16.2 Å². The smallest absolute Gasteiger partial charge is 0.168 e. The molecule has 1 heterocycles. The topological polar surface area (TPSA) is 71.2 Å². The van der Waals surface area contributed by atoms with E-state index in [0.717, 1.165) is 0 Å². The molecule has 0 bridgehead atoms. The van der Waals surface area contributed by atoms with Gasteiger partial charge in [-0.2, -0.15) is 0 Å². The first-order valence-corrected chi connectivity index (χ1v) is 4.36. The Balaban J connectivity index is 3.01. The number of rotatable bonds is 3. The molecule has 0 unspecified atom stereocenters. The predicted molar refractivity (Wildman–Crippen MR) is 53.4 cm³/mol. The fourth-order valence-corrected chi connectivity index (χ4v) is 0.929. The van der Waals surface area contributed by atoms with Crippen LogP contribution in [0.25, 0.3) is 0 Å². The molecule has 0 fully saturated rings. The van der Waals surface area contributed by atoms with Gasteiger partial charge in [0.2, 0.25) is 0 Å². The second kappa shape index (κ2) is 3.98. The van der Waals surface area contributed by atoms with Crippen molar-refractivity contribution in [1.29, 1.82) is 0 Å². The molecule has 0 aliphatic rings. The molecule has 6 heteroatoms. The molecule has 0 aliphatic carbocycles. The van der Waals surface area contributed by atoms with Crippen molar-refractivity contribution in [3.05, 3.63) is 17.7 Å². The first kappa shape index (κ1) is 11.6. The number of nitrogens with two attached hydrogens (primary N) is 1. The summed E-state index contributed by atoms with van der Waals surface area (Å²) in [5, 5.41) is 11.6. The third-order valence-electron chi connectivity index (χ3n) is 1.81. The quantitative estimate of drug-likeness (QED) is 0.709. The number of nitrogens with zero attached hydrogens (tertiary/aromatic N) is 1. The standard InChI is InChI=1S/C9H13F2N3O/c1-9(2,4-15)14-8-6(11)3-5(10)7(12)13-8/h3,15H,4H2,1-2H3,(H3,12,13,14). The van der Waals surface area contributed by atoms with Crippen LogP contribution >= 0.6 is 0 Å². The van der Waals surface area contributed by atoms with Gasteiger partial charge >= 0.3 is 0 Å². The van der Waals surface area contributed by atoms with Crippen LogP contribution in [0.5, 0.6) is 0 Å². The number of aliphatic hydroxyl groups excluding tert-OH is 1. The molecule has 1 rings (SSSR count). The third-order valence-corrected chi connectivity index (χ3v) is 1.81. The number of nitrogen functional groups attached to an aromatic ring is 1. The van der Waals surface area contributed by atoms with Crippen LogP contribution in [0, 0.1) is 11.6 Å². The van der Waals surface area contributed by atoms with Crippen molar-refractivity contribution in [2.45, 2.75) is 19.4 Å². The highest BCUT2D eigenvalue weighted by Gasteiger charge is 2.19. The second-order valence-electron chi connectivity index (χ2n) is 3.85. The van der Waals surface area contributed by atoms with Crippen LogP contribution in [-0.2, 0) is 0 Å². The average molecular weight is 217 g/mol. The molecule has 84 valence electrons. The Kier molecular flexibility index (Phi) is 3.09. The predicted octanol–water partition coefficient (Wildman–Crippen LogP) is 1.12. The van der Waals surface area contributed by atoms with Gasteiger partial charge in [-0.25, -0.2) is 13.8 Å². The Morgan fingerprint density at radius 3 is 2.60 bits per heavy atom. The fraction of sp³-hybridized carbons (Fsp3) is 0.444. The normalized spacial score (nSPS) is 11.5. The lowest BCUT2D eigenvalue weighted by molar-refractivity contribution is 0.233. The fourth-order valence-electron chi connectivity index (χ4n) is 0.929. The summed E-state index contributed by atoms with van der Waals surface area (Å²) in [6, 6.07) is 0.651. The Hall–Kier alpha value is -1.43. The molecule has 4 N–H and O–H groups in total. The van der Waals surface area contributed by atoms with Crippen LogP contribution < -0.4 is 11.1 Å². The molecular weight excluding hydrogens is 204 g/mol. The van der Waals surface area contributed by atoms with Crippen molar-refractivity contribution < 1.29 is 13.9 Å². The van der Waals surface area contributed by atoms with Gasteiger partial charge in [0.15, 0.2) is 23.3 Å². The van der Waals surface area contributed by atoms with Crippen LogP contribution in [0.15, 0.2) is 6.07 Å². The first-order chi connectivity index (χ1) is 6.85.